The molecule has 1 N–H and O–H groups in total. The number of urea groups is 1. The molecular weight excluding hydrogens is 322 g/mol. The fourth-order valence-electron chi connectivity index (χ4n) is 3.78. The molecule has 1 fully saturated rings. The predicted octanol–water partition coefficient (Wildman–Crippen LogP) is 4.15. The van der Waals surface area contributed by atoms with E-state index in [0.29, 0.717) is 6.54 Å². The number of carbonyl (C=O) groups excluding carboxylic acids is 1. The van der Waals surface area contributed by atoms with Gasteiger partial charge < -0.3 is 10.2 Å². The Balaban J connectivity index is 1.42. The second kappa shape index (κ2) is 7.56. The molecule has 1 aromatic heterocycles. The Kier molecular flexibility index (Phi) is 4.82. The van der Waals surface area contributed by atoms with Gasteiger partial charge in [0.15, 0.2) is 0 Å². The maximum absolute atomic E-state index is 12.7. The molecule has 0 bridgehead atoms. The lowest BCUT2D eigenvalue weighted by atomic mass is 10.0. The molecule has 1 aliphatic heterocycles. The van der Waals surface area contributed by atoms with E-state index in [1.54, 1.807) is 6.20 Å². The van der Waals surface area contributed by atoms with Crippen molar-refractivity contribution in [2.24, 2.45) is 0 Å². The molecule has 4 nitrogen and oxygen atoms in total. The molecule has 26 heavy (non-hydrogen) atoms. The Morgan fingerprint density at radius 3 is 2.81 bits per heavy atom. The average molecular weight is 345 g/mol. The van der Waals surface area contributed by atoms with Crippen molar-refractivity contribution in [2.75, 3.05) is 6.54 Å². The number of hydrogen-bond donors (Lipinski definition) is 1. The van der Waals surface area contributed by atoms with Crippen molar-refractivity contribution >= 4 is 16.9 Å². The Morgan fingerprint density at radius 1 is 1.08 bits per heavy atom. The highest BCUT2D eigenvalue weighted by atomic mass is 16.2. The summed E-state index contributed by atoms with van der Waals surface area (Å²) in [6.07, 6.45) is 4.85. The Hall–Kier alpha value is -2.88. The number of likely N-dealkylation sites (tertiary alicyclic amines) is 1. The van der Waals surface area contributed by atoms with Gasteiger partial charge in [-0.05, 0) is 36.5 Å². The van der Waals surface area contributed by atoms with Crippen molar-refractivity contribution < 1.29 is 4.79 Å². The molecule has 2 heterocycles. The second-order valence-electron chi connectivity index (χ2n) is 6.83. The zero-order valence-corrected chi connectivity index (χ0v) is 14.8. The minimum atomic E-state index is 0.0244. The molecule has 1 atom stereocenters. The molecule has 1 aliphatic rings. The number of aromatic nitrogens is 1. The van der Waals surface area contributed by atoms with Gasteiger partial charge in [0.2, 0.25) is 0 Å². The van der Waals surface area contributed by atoms with Gasteiger partial charge in [-0.15, -0.1) is 0 Å². The Bertz CT molecular complexity index is 889. The third kappa shape index (κ3) is 3.54. The summed E-state index contributed by atoms with van der Waals surface area (Å²) in [7, 11) is 0. The monoisotopic (exact) mass is 345 g/mol. The third-order valence-corrected chi connectivity index (χ3v) is 5.10. The predicted molar refractivity (Wildman–Crippen MR) is 104 cm³/mol. The topological polar surface area (TPSA) is 45.2 Å². The van der Waals surface area contributed by atoms with E-state index in [0.717, 1.165) is 42.3 Å². The molecule has 0 spiro atoms. The van der Waals surface area contributed by atoms with Crippen LogP contribution in [-0.2, 0) is 13.0 Å². The van der Waals surface area contributed by atoms with Gasteiger partial charge in [-0.1, -0.05) is 54.6 Å². The molecule has 4 rings (SSSR count). The van der Waals surface area contributed by atoms with Gasteiger partial charge in [-0.25, -0.2) is 4.79 Å². The first-order chi connectivity index (χ1) is 12.8. The summed E-state index contributed by atoms with van der Waals surface area (Å²) in [5, 5.41) is 4.20. The van der Waals surface area contributed by atoms with Crippen molar-refractivity contribution in [3.05, 3.63) is 78.0 Å². The first-order valence-corrected chi connectivity index (χ1v) is 9.22. The first-order valence-electron chi connectivity index (χ1n) is 9.22. The number of hydrogen-bond acceptors (Lipinski definition) is 2. The lowest BCUT2D eigenvalue weighted by molar-refractivity contribution is 0.192. The van der Waals surface area contributed by atoms with Crippen molar-refractivity contribution in [1.29, 1.82) is 0 Å². The van der Waals surface area contributed by atoms with Crippen LogP contribution in [0.5, 0.6) is 0 Å². The van der Waals surface area contributed by atoms with Crippen molar-refractivity contribution in [3.8, 4) is 0 Å². The maximum Gasteiger partial charge on any atom is 0.317 e. The number of carbonyl (C=O) groups is 1. The summed E-state index contributed by atoms with van der Waals surface area (Å²) in [4.78, 5) is 19.2. The number of nitrogens with one attached hydrogen (secondary N) is 1. The van der Waals surface area contributed by atoms with Crippen LogP contribution in [0.25, 0.3) is 10.9 Å². The summed E-state index contributed by atoms with van der Waals surface area (Å²) in [5.41, 5.74) is 3.29. The van der Waals surface area contributed by atoms with Crippen molar-refractivity contribution in [3.63, 3.8) is 0 Å². The second-order valence-corrected chi connectivity index (χ2v) is 6.83. The number of para-hydroxylation sites is 1. The normalized spacial score (nSPS) is 16.8. The SMILES string of the molecule is O=C(NCc1cccc2cccnc12)N1CCCC1Cc1ccccc1. The van der Waals surface area contributed by atoms with Crippen LogP contribution in [0.3, 0.4) is 0 Å². The molecule has 0 aliphatic carbocycles. The van der Waals surface area contributed by atoms with Crippen LogP contribution < -0.4 is 5.32 Å². The Morgan fingerprint density at radius 2 is 1.92 bits per heavy atom. The number of rotatable bonds is 4. The van der Waals surface area contributed by atoms with Crippen molar-refractivity contribution in [2.45, 2.75) is 31.8 Å². The highest BCUT2D eigenvalue weighted by Gasteiger charge is 2.28. The van der Waals surface area contributed by atoms with Crippen molar-refractivity contribution in [1.82, 2.24) is 15.2 Å². The molecule has 0 saturated carbocycles. The molecule has 2 aromatic carbocycles. The summed E-state index contributed by atoms with van der Waals surface area (Å²) in [6, 6.07) is 20.8. The van der Waals surface area contributed by atoms with Gasteiger partial charge in [0, 0.05) is 30.7 Å². The van der Waals surface area contributed by atoms with Gasteiger partial charge in [0.05, 0.1) is 5.52 Å². The molecule has 2 amide bonds. The summed E-state index contributed by atoms with van der Waals surface area (Å²) in [5.74, 6) is 0. The molecule has 1 saturated heterocycles. The van der Waals surface area contributed by atoms with E-state index in [2.05, 4.69) is 34.6 Å². The fourth-order valence-corrected chi connectivity index (χ4v) is 3.78. The van der Waals surface area contributed by atoms with E-state index < -0.39 is 0 Å². The average Bonchev–Trinajstić information content (AvgIpc) is 3.15. The van der Waals surface area contributed by atoms with Gasteiger partial charge in [0.1, 0.15) is 0 Å². The van der Waals surface area contributed by atoms with Crippen LogP contribution in [0.4, 0.5) is 4.79 Å². The first kappa shape index (κ1) is 16.6. The Labute approximate surface area is 153 Å². The number of fused-ring (bicyclic) bond motifs is 1. The molecule has 132 valence electrons. The molecular formula is C22H23N3O. The van der Waals surface area contributed by atoms with Crippen LogP contribution in [0.15, 0.2) is 66.9 Å². The molecule has 3 aromatic rings. The third-order valence-electron chi connectivity index (χ3n) is 5.10. The highest BCUT2D eigenvalue weighted by Crippen LogP contribution is 2.22. The van der Waals surface area contributed by atoms with Gasteiger partial charge in [-0.2, -0.15) is 0 Å². The summed E-state index contributed by atoms with van der Waals surface area (Å²) < 4.78 is 0. The van der Waals surface area contributed by atoms with Crippen LogP contribution in [0.2, 0.25) is 0 Å². The summed E-state index contributed by atoms with van der Waals surface area (Å²) in [6.45, 7) is 1.33. The quantitative estimate of drug-likeness (QED) is 0.772. The highest BCUT2D eigenvalue weighted by molar-refractivity contribution is 5.82. The number of pyridine rings is 1. The van der Waals surface area contributed by atoms with Crippen LogP contribution in [-0.4, -0.2) is 28.5 Å². The zero-order valence-electron chi connectivity index (χ0n) is 14.8. The van der Waals surface area contributed by atoms with Gasteiger partial charge >= 0.3 is 6.03 Å². The standard InChI is InChI=1S/C22H23N3O/c26-22(24-16-19-10-4-9-18-11-5-13-23-21(18)19)25-14-6-12-20(25)15-17-7-2-1-3-8-17/h1-5,7-11,13,20H,6,12,14-16H2,(H,24,26). The minimum absolute atomic E-state index is 0.0244. The number of benzene rings is 2. The lowest BCUT2D eigenvalue weighted by Gasteiger charge is -2.25. The van der Waals surface area contributed by atoms with Gasteiger partial charge in [-0.3, -0.25) is 4.98 Å². The van der Waals surface area contributed by atoms with Crippen LogP contribution in [0, 0.1) is 0 Å². The zero-order chi connectivity index (χ0) is 17.8. The van der Waals surface area contributed by atoms with Crippen LogP contribution in [0.1, 0.15) is 24.0 Å². The molecule has 0 radical (unpaired) electrons. The van der Waals surface area contributed by atoms with E-state index >= 15 is 0 Å². The molecule has 4 heteroatoms. The van der Waals surface area contributed by atoms with E-state index in [1.165, 1.54) is 5.56 Å². The minimum Gasteiger partial charge on any atom is -0.334 e. The van der Waals surface area contributed by atoms with Gasteiger partial charge in [0.25, 0.3) is 0 Å². The van der Waals surface area contributed by atoms with E-state index in [-0.39, 0.29) is 12.1 Å². The summed E-state index contributed by atoms with van der Waals surface area (Å²) >= 11 is 0. The lowest BCUT2D eigenvalue weighted by Crippen LogP contribution is -2.43. The maximum atomic E-state index is 12.7. The number of amides is 2. The van der Waals surface area contributed by atoms with E-state index in [4.69, 9.17) is 0 Å². The fraction of sp³-hybridized carbons (Fsp3) is 0.273. The van der Waals surface area contributed by atoms with E-state index in [9.17, 15) is 4.79 Å². The van der Waals surface area contributed by atoms with E-state index in [1.807, 2.05) is 41.3 Å². The van der Waals surface area contributed by atoms with Crippen LogP contribution >= 0.6 is 0 Å². The number of nitrogens with zero attached hydrogens (tertiary/aromatic N) is 2. The smallest absolute Gasteiger partial charge is 0.317 e. The largest absolute Gasteiger partial charge is 0.334 e. The molecule has 1 unspecified atom stereocenters.